The average Bonchev–Trinajstić information content (AvgIpc) is 3.08. The van der Waals surface area contributed by atoms with Gasteiger partial charge in [0.2, 0.25) is 0 Å². The minimum atomic E-state index is -0.883. The Morgan fingerprint density at radius 1 is 1.36 bits per heavy atom. The highest BCUT2D eigenvalue weighted by molar-refractivity contribution is 7.08. The van der Waals surface area contributed by atoms with Crippen LogP contribution >= 0.6 is 11.5 Å². The highest BCUT2D eigenvalue weighted by Gasteiger charge is 2.28. The molecule has 1 aromatic carbocycles. The molecule has 1 amide bonds. The summed E-state index contributed by atoms with van der Waals surface area (Å²) >= 11 is 1.12. The number of piperidine rings is 1. The molecule has 3 rings (SSSR count). The molecule has 0 unspecified atom stereocenters. The van der Waals surface area contributed by atoms with Crippen LogP contribution in [0.15, 0.2) is 18.2 Å². The van der Waals surface area contributed by atoms with Crippen molar-refractivity contribution in [2.75, 3.05) is 18.4 Å². The van der Waals surface area contributed by atoms with Crippen molar-refractivity contribution in [3.05, 3.63) is 40.4 Å². The highest BCUT2D eigenvalue weighted by atomic mass is 32.1. The van der Waals surface area contributed by atoms with E-state index in [0.717, 1.165) is 42.2 Å². The molecule has 0 saturated carbocycles. The van der Waals surface area contributed by atoms with Gasteiger partial charge >= 0.3 is 0 Å². The zero-order chi connectivity index (χ0) is 18.0. The number of benzene rings is 1. The van der Waals surface area contributed by atoms with Crippen LogP contribution in [0.25, 0.3) is 0 Å². The van der Waals surface area contributed by atoms with Crippen LogP contribution in [-0.2, 0) is 0 Å². The van der Waals surface area contributed by atoms with Crippen molar-refractivity contribution < 1.29 is 13.6 Å². The quantitative estimate of drug-likeness (QED) is 0.897. The molecule has 1 N–H and O–H groups in total. The van der Waals surface area contributed by atoms with Crippen LogP contribution in [0.5, 0.6) is 0 Å². The summed E-state index contributed by atoms with van der Waals surface area (Å²) < 4.78 is 30.3. The van der Waals surface area contributed by atoms with E-state index in [0.29, 0.717) is 23.7 Å². The second-order valence-corrected chi connectivity index (χ2v) is 7.26. The lowest BCUT2D eigenvalue weighted by Crippen LogP contribution is -2.45. The van der Waals surface area contributed by atoms with Crippen LogP contribution in [0.3, 0.4) is 0 Å². The third kappa shape index (κ3) is 3.95. The molecule has 25 heavy (non-hydrogen) atoms. The predicted molar refractivity (Wildman–Crippen MR) is 92.9 cm³/mol. The molecule has 134 valence electrons. The maximum Gasteiger partial charge on any atom is 0.267 e. The normalized spacial score (nSPS) is 17.8. The number of nitrogens with zero attached hydrogens (tertiary/aromatic N) is 3. The molecule has 2 aromatic rings. The number of amides is 1. The SMILES string of the molecule is CC(C)c1nnsc1C(=O)N1CCC[C@@H](Nc2ccc(F)c(F)c2)C1. The van der Waals surface area contributed by atoms with E-state index in [1.54, 1.807) is 4.90 Å². The maximum absolute atomic E-state index is 13.4. The number of carbonyl (C=O) groups is 1. The summed E-state index contributed by atoms with van der Waals surface area (Å²) in [4.78, 5) is 15.2. The molecule has 0 bridgehead atoms. The largest absolute Gasteiger partial charge is 0.380 e. The Morgan fingerprint density at radius 3 is 2.88 bits per heavy atom. The molecule has 5 nitrogen and oxygen atoms in total. The first-order valence-corrected chi connectivity index (χ1v) is 9.06. The Kier molecular flexibility index (Phi) is 5.27. The number of nitrogens with one attached hydrogen (secondary N) is 1. The van der Waals surface area contributed by atoms with E-state index < -0.39 is 11.6 Å². The zero-order valence-corrected chi connectivity index (χ0v) is 14.9. The van der Waals surface area contributed by atoms with E-state index in [-0.39, 0.29) is 17.9 Å². The van der Waals surface area contributed by atoms with Crippen molar-refractivity contribution in [3.8, 4) is 0 Å². The van der Waals surface area contributed by atoms with Gasteiger partial charge in [0.05, 0.1) is 5.69 Å². The Hall–Kier alpha value is -2.09. The fourth-order valence-electron chi connectivity index (χ4n) is 2.97. The van der Waals surface area contributed by atoms with Gasteiger partial charge < -0.3 is 10.2 Å². The van der Waals surface area contributed by atoms with Crippen LogP contribution in [-0.4, -0.2) is 39.5 Å². The van der Waals surface area contributed by atoms with Crippen molar-refractivity contribution in [2.24, 2.45) is 0 Å². The van der Waals surface area contributed by atoms with Gasteiger partial charge in [0.25, 0.3) is 5.91 Å². The summed E-state index contributed by atoms with van der Waals surface area (Å²) in [5.41, 5.74) is 1.24. The van der Waals surface area contributed by atoms with Gasteiger partial charge in [0.15, 0.2) is 11.6 Å². The van der Waals surface area contributed by atoms with E-state index in [1.807, 2.05) is 13.8 Å². The number of anilines is 1. The second-order valence-electron chi connectivity index (χ2n) is 6.51. The fourth-order valence-corrected chi connectivity index (χ4v) is 3.76. The first kappa shape index (κ1) is 17.7. The average molecular weight is 366 g/mol. The third-order valence-electron chi connectivity index (χ3n) is 4.25. The van der Waals surface area contributed by atoms with Crippen molar-refractivity contribution >= 4 is 23.1 Å². The Balaban J connectivity index is 1.69. The van der Waals surface area contributed by atoms with Crippen LogP contribution in [0.1, 0.15) is 48.0 Å². The Morgan fingerprint density at radius 2 is 2.16 bits per heavy atom. The van der Waals surface area contributed by atoms with Gasteiger partial charge in [-0.3, -0.25) is 4.79 Å². The molecular formula is C17H20F2N4OS. The minimum absolute atomic E-state index is 0.00839. The van der Waals surface area contributed by atoms with E-state index in [9.17, 15) is 13.6 Å². The summed E-state index contributed by atoms with van der Waals surface area (Å²) in [6.07, 6.45) is 1.71. The lowest BCUT2D eigenvalue weighted by Gasteiger charge is -2.33. The molecule has 0 spiro atoms. The molecule has 0 aliphatic carbocycles. The Bertz CT molecular complexity index is 765. The summed E-state index contributed by atoms with van der Waals surface area (Å²) in [6.45, 7) is 5.14. The highest BCUT2D eigenvalue weighted by Crippen LogP contribution is 2.24. The molecule has 1 fully saturated rings. The van der Waals surface area contributed by atoms with Gasteiger partial charge in [-0.2, -0.15) is 0 Å². The van der Waals surface area contributed by atoms with Crippen molar-refractivity contribution in [2.45, 2.75) is 38.6 Å². The summed E-state index contributed by atoms with van der Waals surface area (Å²) in [6, 6.07) is 3.73. The van der Waals surface area contributed by atoms with E-state index in [4.69, 9.17) is 0 Å². The standard InChI is InChI=1S/C17H20F2N4OS/c1-10(2)15-16(25-22-21-15)17(24)23-7-3-4-12(9-23)20-11-5-6-13(18)14(19)8-11/h5-6,8,10,12,20H,3-4,7,9H2,1-2H3/t12-/m1/s1. The fraction of sp³-hybridized carbons (Fsp3) is 0.471. The van der Waals surface area contributed by atoms with Crippen LogP contribution in [0.4, 0.5) is 14.5 Å². The number of carbonyl (C=O) groups excluding carboxylic acids is 1. The first-order chi connectivity index (χ1) is 12.0. The second kappa shape index (κ2) is 7.43. The van der Waals surface area contributed by atoms with Gasteiger partial charge in [-0.25, -0.2) is 8.78 Å². The number of likely N-dealkylation sites (tertiary alicyclic amines) is 1. The minimum Gasteiger partial charge on any atom is -0.380 e. The molecule has 1 atom stereocenters. The lowest BCUT2D eigenvalue weighted by molar-refractivity contribution is 0.0718. The first-order valence-electron chi connectivity index (χ1n) is 8.29. The number of halogens is 2. The molecule has 1 aromatic heterocycles. The molecule has 1 saturated heterocycles. The molecular weight excluding hydrogens is 346 g/mol. The molecule has 0 radical (unpaired) electrons. The lowest BCUT2D eigenvalue weighted by atomic mass is 10.0. The maximum atomic E-state index is 13.4. The van der Waals surface area contributed by atoms with Gasteiger partial charge in [-0.15, -0.1) is 5.10 Å². The molecule has 8 heteroatoms. The van der Waals surface area contributed by atoms with Crippen LogP contribution < -0.4 is 5.32 Å². The summed E-state index contributed by atoms with van der Waals surface area (Å²) in [5.74, 6) is -1.68. The molecule has 2 heterocycles. The predicted octanol–water partition coefficient (Wildman–Crippen LogP) is 3.66. The summed E-state index contributed by atoms with van der Waals surface area (Å²) in [7, 11) is 0. The number of rotatable bonds is 4. The molecule has 1 aliphatic rings. The Labute approximate surface area is 149 Å². The number of aromatic nitrogens is 2. The number of hydrogen-bond donors (Lipinski definition) is 1. The zero-order valence-electron chi connectivity index (χ0n) is 14.1. The van der Waals surface area contributed by atoms with Gasteiger partial charge in [-0.1, -0.05) is 18.3 Å². The van der Waals surface area contributed by atoms with Gasteiger partial charge in [-0.05, 0) is 42.4 Å². The van der Waals surface area contributed by atoms with E-state index in [2.05, 4.69) is 14.9 Å². The number of hydrogen-bond acceptors (Lipinski definition) is 5. The monoisotopic (exact) mass is 366 g/mol. The topological polar surface area (TPSA) is 58.1 Å². The van der Waals surface area contributed by atoms with E-state index >= 15 is 0 Å². The van der Waals surface area contributed by atoms with Gasteiger partial charge in [0.1, 0.15) is 4.88 Å². The van der Waals surface area contributed by atoms with Gasteiger partial charge in [0, 0.05) is 30.9 Å². The summed E-state index contributed by atoms with van der Waals surface area (Å²) in [5, 5.41) is 7.25. The van der Waals surface area contributed by atoms with Crippen LogP contribution in [0.2, 0.25) is 0 Å². The third-order valence-corrected chi connectivity index (χ3v) is 4.98. The molecule has 1 aliphatic heterocycles. The van der Waals surface area contributed by atoms with Crippen LogP contribution in [0, 0.1) is 11.6 Å². The van der Waals surface area contributed by atoms with Crippen molar-refractivity contribution in [3.63, 3.8) is 0 Å². The van der Waals surface area contributed by atoms with Crippen molar-refractivity contribution in [1.29, 1.82) is 0 Å². The van der Waals surface area contributed by atoms with Crippen molar-refractivity contribution in [1.82, 2.24) is 14.5 Å². The van der Waals surface area contributed by atoms with E-state index in [1.165, 1.54) is 6.07 Å². The smallest absolute Gasteiger partial charge is 0.267 e.